The summed E-state index contributed by atoms with van der Waals surface area (Å²) in [4.78, 5) is 12.1. The number of hydrogen-bond donors (Lipinski definition) is 4. The van der Waals surface area contributed by atoms with Crippen LogP contribution < -0.4 is 0 Å². The lowest BCUT2D eigenvalue weighted by atomic mass is 9.84. The molecule has 2 aliphatic heterocycles. The first-order chi connectivity index (χ1) is 10.8. The summed E-state index contributed by atoms with van der Waals surface area (Å²) in [6.07, 6.45) is -2.25. The van der Waals surface area contributed by atoms with E-state index in [9.17, 15) is 25.2 Å². The van der Waals surface area contributed by atoms with Gasteiger partial charge >= 0.3 is 5.97 Å². The number of rotatable bonds is 6. The number of aliphatic hydroxyl groups is 4. The summed E-state index contributed by atoms with van der Waals surface area (Å²) in [6.45, 7) is 4.94. The summed E-state index contributed by atoms with van der Waals surface area (Å²) in [5.41, 5.74) is 0.160. The van der Waals surface area contributed by atoms with E-state index in [1.807, 2.05) is 6.92 Å². The van der Waals surface area contributed by atoms with Crippen LogP contribution in [0.15, 0.2) is 22.7 Å². The Balaban J connectivity index is 2.39. The van der Waals surface area contributed by atoms with Gasteiger partial charge < -0.3 is 29.9 Å². The van der Waals surface area contributed by atoms with Crippen LogP contribution in [-0.4, -0.2) is 51.0 Å². The van der Waals surface area contributed by atoms with Crippen LogP contribution in [0.25, 0.3) is 0 Å². The van der Waals surface area contributed by atoms with Crippen molar-refractivity contribution in [3.63, 3.8) is 0 Å². The molecule has 5 atom stereocenters. The van der Waals surface area contributed by atoms with E-state index in [4.69, 9.17) is 9.47 Å². The van der Waals surface area contributed by atoms with Crippen LogP contribution >= 0.6 is 0 Å². The number of ether oxygens (including phenoxy) is 2. The molecule has 0 aliphatic carbocycles. The standard InChI is InChI=1S/C16H24O7/c1-4-9(17)5-6-10(11-13(18)7(2)22-15(11)20)12-14(19)8(3)23-16(12)21/h7-10,15,17-20H,4-6H2,1-3H3/t7-,8-,9+,10?,15?/m1/s1. The van der Waals surface area contributed by atoms with Gasteiger partial charge in [0.2, 0.25) is 0 Å². The van der Waals surface area contributed by atoms with Crippen LogP contribution in [0.3, 0.4) is 0 Å². The Morgan fingerprint density at radius 1 is 1.13 bits per heavy atom. The first-order valence-corrected chi connectivity index (χ1v) is 7.86. The number of carbonyl (C=O) groups excluding carboxylic acids is 1. The smallest absolute Gasteiger partial charge is 0.338 e. The molecule has 0 bridgehead atoms. The predicted molar refractivity (Wildman–Crippen MR) is 80.4 cm³/mol. The topological polar surface area (TPSA) is 116 Å². The molecule has 2 rings (SSSR count). The maximum Gasteiger partial charge on any atom is 0.338 e. The van der Waals surface area contributed by atoms with Gasteiger partial charge in [0.15, 0.2) is 12.4 Å². The molecule has 2 aliphatic rings. The lowest BCUT2D eigenvalue weighted by Crippen LogP contribution is -2.23. The van der Waals surface area contributed by atoms with E-state index in [1.54, 1.807) is 6.92 Å². The van der Waals surface area contributed by atoms with Crippen LogP contribution in [0.5, 0.6) is 0 Å². The number of carbonyl (C=O) groups is 1. The van der Waals surface area contributed by atoms with E-state index in [2.05, 4.69) is 0 Å². The Morgan fingerprint density at radius 3 is 2.22 bits per heavy atom. The van der Waals surface area contributed by atoms with E-state index in [0.717, 1.165) is 0 Å². The molecule has 130 valence electrons. The van der Waals surface area contributed by atoms with Crippen molar-refractivity contribution in [3.05, 3.63) is 22.7 Å². The minimum absolute atomic E-state index is 0.0131. The van der Waals surface area contributed by atoms with Crippen LogP contribution in [0, 0.1) is 5.92 Å². The monoisotopic (exact) mass is 328 g/mol. The van der Waals surface area contributed by atoms with Gasteiger partial charge in [0.1, 0.15) is 17.6 Å². The van der Waals surface area contributed by atoms with Crippen molar-refractivity contribution < 1.29 is 34.7 Å². The molecule has 0 aromatic rings. The van der Waals surface area contributed by atoms with Crippen molar-refractivity contribution in [2.24, 2.45) is 5.92 Å². The fourth-order valence-corrected chi connectivity index (χ4v) is 2.99. The van der Waals surface area contributed by atoms with Crippen LogP contribution in [0.4, 0.5) is 0 Å². The molecule has 0 aromatic heterocycles. The predicted octanol–water partition coefficient (Wildman–Crippen LogP) is 1.46. The van der Waals surface area contributed by atoms with Crippen molar-refractivity contribution in [1.82, 2.24) is 0 Å². The molecule has 0 saturated heterocycles. The van der Waals surface area contributed by atoms with Crippen molar-refractivity contribution in [1.29, 1.82) is 0 Å². The zero-order valence-corrected chi connectivity index (χ0v) is 13.5. The molecule has 2 heterocycles. The summed E-state index contributed by atoms with van der Waals surface area (Å²) in [7, 11) is 0. The minimum Gasteiger partial charge on any atom is -0.509 e. The first kappa shape index (κ1) is 17.8. The third-order valence-electron chi connectivity index (χ3n) is 4.43. The number of hydrogen-bond acceptors (Lipinski definition) is 7. The molecule has 0 aromatic carbocycles. The Labute approximate surface area is 134 Å². The maximum atomic E-state index is 12.1. The zero-order valence-electron chi connectivity index (χ0n) is 13.5. The van der Waals surface area contributed by atoms with E-state index >= 15 is 0 Å². The maximum absolute atomic E-state index is 12.1. The molecule has 7 nitrogen and oxygen atoms in total. The molecular formula is C16H24O7. The second-order valence-corrected chi connectivity index (χ2v) is 6.01. The highest BCUT2D eigenvalue weighted by molar-refractivity contribution is 5.93. The Bertz CT molecular complexity index is 537. The van der Waals surface area contributed by atoms with Gasteiger partial charge in [-0.3, -0.25) is 0 Å². The molecule has 2 unspecified atom stereocenters. The number of aliphatic hydroxyl groups excluding tert-OH is 4. The fraction of sp³-hybridized carbons (Fsp3) is 0.688. The summed E-state index contributed by atoms with van der Waals surface area (Å²) >= 11 is 0. The van der Waals surface area contributed by atoms with Crippen molar-refractivity contribution in [3.8, 4) is 0 Å². The quantitative estimate of drug-likeness (QED) is 0.545. The van der Waals surface area contributed by atoms with Gasteiger partial charge in [-0.25, -0.2) is 4.79 Å². The van der Waals surface area contributed by atoms with Gasteiger partial charge in [-0.05, 0) is 33.1 Å². The van der Waals surface area contributed by atoms with E-state index in [-0.39, 0.29) is 29.1 Å². The lowest BCUT2D eigenvalue weighted by Gasteiger charge is -2.21. The summed E-state index contributed by atoms with van der Waals surface area (Å²) < 4.78 is 10.2. The molecule has 0 amide bonds. The van der Waals surface area contributed by atoms with Crippen molar-refractivity contribution in [2.75, 3.05) is 0 Å². The minimum atomic E-state index is -1.36. The van der Waals surface area contributed by atoms with E-state index in [0.29, 0.717) is 12.8 Å². The summed E-state index contributed by atoms with van der Waals surface area (Å²) in [5, 5.41) is 40.2. The number of cyclic esters (lactones) is 1. The molecule has 0 saturated carbocycles. The van der Waals surface area contributed by atoms with Gasteiger partial charge in [0.05, 0.1) is 11.7 Å². The molecule has 7 heteroatoms. The molecule has 23 heavy (non-hydrogen) atoms. The van der Waals surface area contributed by atoms with Gasteiger partial charge in [0.25, 0.3) is 0 Å². The van der Waals surface area contributed by atoms with Crippen LogP contribution in [0.1, 0.15) is 40.0 Å². The normalized spacial score (nSPS) is 30.8. The summed E-state index contributed by atoms with van der Waals surface area (Å²) in [5.74, 6) is -1.81. The Kier molecular flexibility index (Phi) is 5.33. The average molecular weight is 328 g/mol. The molecule has 4 N–H and O–H groups in total. The van der Waals surface area contributed by atoms with Crippen LogP contribution in [0.2, 0.25) is 0 Å². The average Bonchev–Trinajstić information content (AvgIpc) is 2.89. The Morgan fingerprint density at radius 2 is 1.78 bits per heavy atom. The van der Waals surface area contributed by atoms with Crippen LogP contribution in [-0.2, 0) is 14.3 Å². The van der Waals surface area contributed by atoms with Crippen molar-refractivity contribution in [2.45, 2.75) is 64.6 Å². The highest BCUT2D eigenvalue weighted by Crippen LogP contribution is 2.40. The zero-order chi connectivity index (χ0) is 17.3. The Hall–Kier alpha value is -1.57. The van der Waals surface area contributed by atoms with Gasteiger partial charge in [-0.2, -0.15) is 0 Å². The summed E-state index contributed by atoms with van der Waals surface area (Å²) in [6, 6.07) is 0. The third-order valence-corrected chi connectivity index (χ3v) is 4.43. The molecular weight excluding hydrogens is 304 g/mol. The van der Waals surface area contributed by atoms with E-state index in [1.165, 1.54) is 6.92 Å². The number of esters is 1. The van der Waals surface area contributed by atoms with Gasteiger partial charge in [0, 0.05) is 11.5 Å². The lowest BCUT2D eigenvalue weighted by molar-refractivity contribution is -0.140. The SMILES string of the molecule is CC[C@H](O)CCC(C1=C(O)[C@@H](C)OC1=O)C1=C(O)[C@@H](C)OC1O. The highest BCUT2D eigenvalue weighted by atomic mass is 16.6. The van der Waals surface area contributed by atoms with Crippen molar-refractivity contribution >= 4 is 5.97 Å². The molecule has 0 radical (unpaired) electrons. The second-order valence-electron chi connectivity index (χ2n) is 6.01. The van der Waals surface area contributed by atoms with Gasteiger partial charge in [-0.1, -0.05) is 6.92 Å². The first-order valence-electron chi connectivity index (χ1n) is 7.86. The van der Waals surface area contributed by atoms with Gasteiger partial charge in [-0.15, -0.1) is 0 Å². The highest BCUT2D eigenvalue weighted by Gasteiger charge is 2.43. The van der Waals surface area contributed by atoms with E-state index < -0.39 is 36.5 Å². The molecule has 0 fully saturated rings. The third kappa shape index (κ3) is 3.36. The fourth-order valence-electron chi connectivity index (χ4n) is 2.99. The largest absolute Gasteiger partial charge is 0.509 e. The molecule has 0 spiro atoms. The second kappa shape index (κ2) is 6.90.